The van der Waals surface area contributed by atoms with Crippen molar-refractivity contribution in [3.8, 4) is 11.8 Å². The third-order valence-corrected chi connectivity index (χ3v) is 5.83. The zero-order valence-corrected chi connectivity index (χ0v) is 18.7. The van der Waals surface area contributed by atoms with Crippen LogP contribution in [0, 0.1) is 11.3 Å². The van der Waals surface area contributed by atoms with Crippen molar-refractivity contribution in [2.75, 3.05) is 29.7 Å². The Hall–Kier alpha value is -4.10. The molecule has 3 aromatic rings. The number of ether oxygens (including phenoxy) is 1. The third-order valence-electron chi connectivity index (χ3n) is 4.46. The van der Waals surface area contributed by atoms with Crippen LogP contribution in [0.2, 0.25) is 0 Å². The van der Waals surface area contributed by atoms with Gasteiger partial charge >= 0.3 is 0 Å². The fraction of sp³-hybridized carbons (Fsp3) is 0.174. The van der Waals surface area contributed by atoms with E-state index in [1.54, 1.807) is 42.6 Å². The Morgan fingerprint density at radius 2 is 1.88 bits per heavy atom. The third kappa shape index (κ3) is 6.44. The van der Waals surface area contributed by atoms with E-state index in [4.69, 9.17) is 10.00 Å². The van der Waals surface area contributed by atoms with Crippen molar-refractivity contribution in [2.24, 2.45) is 0 Å². The van der Waals surface area contributed by atoms with Gasteiger partial charge in [0.15, 0.2) is 0 Å². The van der Waals surface area contributed by atoms with Gasteiger partial charge in [-0.05, 0) is 61.5 Å². The number of hydrogen-bond donors (Lipinski definition) is 3. The minimum atomic E-state index is -3.89. The molecular weight excluding hydrogens is 442 g/mol. The smallest absolute Gasteiger partial charge is 0.261 e. The molecule has 1 amide bonds. The first-order valence-corrected chi connectivity index (χ1v) is 11.6. The van der Waals surface area contributed by atoms with E-state index >= 15 is 0 Å². The van der Waals surface area contributed by atoms with Crippen molar-refractivity contribution >= 4 is 27.4 Å². The van der Waals surface area contributed by atoms with Gasteiger partial charge in [0.2, 0.25) is 0 Å². The van der Waals surface area contributed by atoms with E-state index in [1.165, 1.54) is 24.3 Å². The highest BCUT2D eigenvalue weighted by atomic mass is 32.2. The number of benzene rings is 2. The second-order valence-corrected chi connectivity index (χ2v) is 8.47. The molecule has 33 heavy (non-hydrogen) atoms. The number of nitriles is 1. The first-order valence-electron chi connectivity index (χ1n) is 10.2. The fourth-order valence-corrected chi connectivity index (χ4v) is 4.00. The number of sulfonamides is 1. The molecule has 3 rings (SSSR count). The fourth-order valence-electron chi connectivity index (χ4n) is 2.90. The molecule has 0 spiro atoms. The monoisotopic (exact) mass is 465 g/mol. The molecule has 0 aliphatic carbocycles. The lowest BCUT2D eigenvalue weighted by molar-refractivity contribution is 0.0955. The lowest BCUT2D eigenvalue weighted by Crippen LogP contribution is -2.29. The Labute approximate surface area is 192 Å². The molecule has 2 aromatic carbocycles. The van der Waals surface area contributed by atoms with Crippen LogP contribution in [0.25, 0.3) is 0 Å². The molecule has 0 fully saturated rings. The minimum absolute atomic E-state index is 0.0330. The highest BCUT2D eigenvalue weighted by Crippen LogP contribution is 2.20. The number of anilines is 2. The van der Waals surface area contributed by atoms with Gasteiger partial charge in [-0.3, -0.25) is 9.52 Å². The predicted molar refractivity (Wildman–Crippen MR) is 125 cm³/mol. The number of nitrogens with zero attached hydrogens (tertiary/aromatic N) is 2. The van der Waals surface area contributed by atoms with Gasteiger partial charge in [0.25, 0.3) is 15.9 Å². The highest BCUT2D eigenvalue weighted by molar-refractivity contribution is 7.92. The van der Waals surface area contributed by atoms with Crippen LogP contribution in [0.4, 0.5) is 11.5 Å². The van der Waals surface area contributed by atoms with Crippen molar-refractivity contribution < 1.29 is 17.9 Å². The maximum Gasteiger partial charge on any atom is 0.261 e. The first kappa shape index (κ1) is 23.6. The summed E-state index contributed by atoms with van der Waals surface area (Å²) < 4.78 is 33.3. The van der Waals surface area contributed by atoms with E-state index in [-0.39, 0.29) is 17.0 Å². The molecule has 0 radical (unpaired) electrons. The van der Waals surface area contributed by atoms with Gasteiger partial charge in [0, 0.05) is 30.5 Å². The number of amides is 1. The Morgan fingerprint density at radius 1 is 1.09 bits per heavy atom. The standard InChI is InChI=1S/C23H23N5O4S/c1-2-32-20-10-8-19(9-11-20)28-33(30,31)21-7-3-5-17(15-21)23(29)27-14-13-26-22-18(16-24)6-4-12-25-22/h3-12,15,28H,2,13-14H2,1H3,(H,25,26)(H,27,29). The van der Waals surface area contributed by atoms with Gasteiger partial charge in [0.05, 0.1) is 17.1 Å². The summed E-state index contributed by atoms with van der Waals surface area (Å²) in [6.07, 6.45) is 1.56. The Bertz CT molecular complexity index is 1250. The maximum atomic E-state index is 12.7. The molecule has 0 unspecified atom stereocenters. The van der Waals surface area contributed by atoms with Crippen molar-refractivity contribution in [3.63, 3.8) is 0 Å². The van der Waals surface area contributed by atoms with Gasteiger partial charge in [-0.25, -0.2) is 13.4 Å². The van der Waals surface area contributed by atoms with Crippen LogP contribution in [0.1, 0.15) is 22.8 Å². The summed E-state index contributed by atoms with van der Waals surface area (Å²) >= 11 is 0. The lowest BCUT2D eigenvalue weighted by atomic mass is 10.2. The van der Waals surface area contributed by atoms with Gasteiger partial charge in [0.1, 0.15) is 17.6 Å². The summed E-state index contributed by atoms with van der Waals surface area (Å²) in [5.74, 6) is 0.652. The number of carbonyl (C=O) groups excluding carboxylic acids is 1. The average Bonchev–Trinajstić information content (AvgIpc) is 2.83. The molecule has 0 atom stereocenters. The van der Waals surface area contributed by atoms with Crippen LogP contribution in [-0.2, 0) is 10.0 Å². The summed E-state index contributed by atoms with van der Waals surface area (Å²) in [5, 5.41) is 14.8. The summed E-state index contributed by atoms with van der Waals surface area (Å²) in [6.45, 7) is 2.97. The molecule has 0 bridgehead atoms. The summed E-state index contributed by atoms with van der Waals surface area (Å²) in [6, 6.07) is 17.7. The average molecular weight is 466 g/mol. The van der Waals surface area contributed by atoms with Crippen LogP contribution in [-0.4, -0.2) is 39.0 Å². The SMILES string of the molecule is CCOc1ccc(NS(=O)(=O)c2cccc(C(=O)NCCNc3ncccc3C#N)c2)cc1. The molecule has 0 aliphatic rings. The van der Waals surface area contributed by atoms with Crippen LogP contribution >= 0.6 is 0 Å². The molecule has 0 saturated carbocycles. The number of carbonyl (C=O) groups is 1. The van der Waals surface area contributed by atoms with E-state index in [0.717, 1.165) is 0 Å². The highest BCUT2D eigenvalue weighted by Gasteiger charge is 2.16. The molecule has 9 nitrogen and oxygen atoms in total. The minimum Gasteiger partial charge on any atom is -0.494 e. The first-order chi connectivity index (χ1) is 15.9. The number of pyridine rings is 1. The Morgan fingerprint density at radius 3 is 2.61 bits per heavy atom. The molecule has 3 N–H and O–H groups in total. The largest absolute Gasteiger partial charge is 0.494 e. The van der Waals surface area contributed by atoms with Gasteiger partial charge < -0.3 is 15.4 Å². The van der Waals surface area contributed by atoms with Crippen molar-refractivity contribution in [1.82, 2.24) is 10.3 Å². The van der Waals surface area contributed by atoms with Gasteiger partial charge in [-0.2, -0.15) is 5.26 Å². The molecule has 0 aliphatic heterocycles. The summed E-state index contributed by atoms with van der Waals surface area (Å²) in [7, 11) is -3.89. The molecule has 170 valence electrons. The Kier molecular flexibility index (Phi) is 7.83. The van der Waals surface area contributed by atoms with Crippen LogP contribution in [0.15, 0.2) is 71.8 Å². The van der Waals surface area contributed by atoms with Gasteiger partial charge in [-0.15, -0.1) is 0 Å². The van der Waals surface area contributed by atoms with Gasteiger partial charge in [-0.1, -0.05) is 6.07 Å². The molecule has 1 heterocycles. The molecular formula is C23H23N5O4S. The summed E-state index contributed by atoms with van der Waals surface area (Å²) in [5.41, 5.74) is 0.993. The van der Waals surface area contributed by atoms with E-state index < -0.39 is 15.9 Å². The van der Waals surface area contributed by atoms with Crippen molar-refractivity contribution in [2.45, 2.75) is 11.8 Å². The molecule has 10 heteroatoms. The Balaban J connectivity index is 1.59. The quantitative estimate of drug-likeness (QED) is 0.392. The summed E-state index contributed by atoms with van der Waals surface area (Å²) in [4.78, 5) is 16.5. The van der Waals surface area contributed by atoms with Crippen LogP contribution in [0.3, 0.4) is 0 Å². The maximum absolute atomic E-state index is 12.7. The molecule has 0 saturated heterocycles. The normalized spacial score (nSPS) is 10.7. The van der Waals surface area contributed by atoms with Crippen molar-refractivity contribution in [1.29, 1.82) is 5.26 Å². The van der Waals surface area contributed by atoms with E-state index in [0.29, 0.717) is 36.0 Å². The zero-order valence-electron chi connectivity index (χ0n) is 17.9. The van der Waals surface area contributed by atoms with E-state index in [1.807, 2.05) is 13.0 Å². The number of nitrogens with one attached hydrogen (secondary N) is 3. The lowest BCUT2D eigenvalue weighted by Gasteiger charge is -2.11. The second kappa shape index (κ2) is 11.0. The van der Waals surface area contributed by atoms with Crippen molar-refractivity contribution in [3.05, 3.63) is 78.0 Å². The number of aromatic nitrogens is 1. The van der Waals surface area contributed by atoms with E-state index in [9.17, 15) is 13.2 Å². The van der Waals surface area contributed by atoms with Crippen LogP contribution < -0.4 is 20.1 Å². The van der Waals surface area contributed by atoms with Crippen LogP contribution in [0.5, 0.6) is 5.75 Å². The van der Waals surface area contributed by atoms with E-state index in [2.05, 4.69) is 20.3 Å². The topological polar surface area (TPSA) is 133 Å². The number of hydrogen-bond acceptors (Lipinski definition) is 7. The predicted octanol–water partition coefficient (Wildman–Crippen LogP) is 2.99. The molecule has 1 aromatic heterocycles. The number of rotatable bonds is 10. The second-order valence-electron chi connectivity index (χ2n) is 6.78. The zero-order chi connectivity index (χ0) is 23.7.